The number of nitrogens with one attached hydrogen (secondary N) is 1. The van der Waals surface area contributed by atoms with Gasteiger partial charge >= 0.3 is 0 Å². The third-order valence-corrected chi connectivity index (χ3v) is 2.17. The second kappa shape index (κ2) is 4.26. The molecule has 0 bridgehead atoms. The molecule has 0 spiro atoms. The van der Waals surface area contributed by atoms with Crippen LogP contribution < -0.4 is 5.32 Å². The van der Waals surface area contributed by atoms with E-state index in [4.69, 9.17) is 0 Å². The Bertz CT molecular complexity index is 330. The lowest BCUT2D eigenvalue weighted by molar-refractivity contribution is 0.0912. The van der Waals surface area contributed by atoms with Crippen LogP contribution in [0.3, 0.4) is 0 Å². The summed E-state index contributed by atoms with van der Waals surface area (Å²) in [7, 11) is 0. The van der Waals surface area contributed by atoms with E-state index in [2.05, 4.69) is 10.4 Å². The zero-order valence-corrected chi connectivity index (χ0v) is 9.16. The highest BCUT2D eigenvalue weighted by Crippen LogP contribution is 2.16. The highest BCUT2D eigenvalue weighted by atomic mass is 16.2. The zero-order valence-electron chi connectivity index (χ0n) is 9.16. The lowest BCUT2D eigenvalue weighted by Crippen LogP contribution is -2.38. The van der Waals surface area contributed by atoms with Crippen LogP contribution in [0.4, 0.5) is 0 Å². The predicted molar refractivity (Wildman–Crippen MR) is 55.4 cm³/mol. The minimum Gasteiger partial charge on any atom is -0.349 e. The molecule has 1 atom stereocenters. The summed E-state index contributed by atoms with van der Waals surface area (Å²) in [6.07, 6.45) is 1.73. The SMILES string of the molecule is CC.Cc1cnn2c1C(=O)NC[C@H]2C. The molecule has 1 aromatic rings. The van der Waals surface area contributed by atoms with Crippen molar-refractivity contribution in [3.8, 4) is 0 Å². The Morgan fingerprint density at radius 1 is 1.57 bits per heavy atom. The normalized spacial score (nSPS) is 19.1. The molecule has 0 saturated carbocycles. The third-order valence-electron chi connectivity index (χ3n) is 2.17. The molecule has 2 rings (SSSR count). The zero-order chi connectivity index (χ0) is 10.7. The van der Waals surface area contributed by atoms with Gasteiger partial charge in [0.25, 0.3) is 5.91 Å². The van der Waals surface area contributed by atoms with Gasteiger partial charge in [-0.3, -0.25) is 9.48 Å². The Hall–Kier alpha value is -1.32. The van der Waals surface area contributed by atoms with Crippen molar-refractivity contribution >= 4 is 5.91 Å². The molecule has 0 unspecified atom stereocenters. The highest BCUT2D eigenvalue weighted by Gasteiger charge is 2.24. The number of nitrogens with zero attached hydrogens (tertiary/aromatic N) is 2. The van der Waals surface area contributed by atoms with Gasteiger partial charge in [-0.1, -0.05) is 13.8 Å². The molecule has 4 nitrogen and oxygen atoms in total. The van der Waals surface area contributed by atoms with Crippen molar-refractivity contribution in [2.24, 2.45) is 0 Å². The number of aromatic nitrogens is 2. The Balaban J connectivity index is 0.000000461. The summed E-state index contributed by atoms with van der Waals surface area (Å²) in [6.45, 7) is 8.61. The summed E-state index contributed by atoms with van der Waals surface area (Å²) < 4.78 is 1.79. The van der Waals surface area contributed by atoms with E-state index in [0.29, 0.717) is 12.2 Å². The number of hydrogen-bond donors (Lipinski definition) is 1. The minimum absolute atomic E-state index is 0.0110. The molecule has 1 aliphatic rings. The van der Waals surface area contributed by atoms with E-state index in [-0.39, 0.29) is 11.9 Å². The maximum Gasteiger partial charge on any atom is 0.269 e. The molecule has 1 aromatic heterocycles. The van der Waals surface area contributed by atoms with Crippen LogP contribution >= 0.6 is 0 Å². The first-order valence-corrected chi connectivity index (χ1v) is 5.02. The Kier molecular flexibility index (Phi) is 3.28. The largest absolute Gasteiger partial charge is 0.349 e. The molecule has 2 heterocycles. The van der Waals surface area contributed by atoms with E-state index in [0.717, 1.165) is 5.56 Å². The van der Waals surface area contributed by atoms with Gasteiger partial charge in [-0.05, 0) is 19.4 Å². The molecule has 14 heavy (non-hydrogen) atoms. The summed E-state index contributed by atoms with van der Waals surface area (Å²) in [5.74, 6) is -0.0110. The summed E-state index contributed by atoms with van der Waals surface area (Å²) in [5, 5.41) is 6.96. The van der Waals surface area contributed by atoms with Gasteiger partial charge in [0.15, 0.2) is 0 Å². The second-order valence-electron chi connectivity index (χ2n) is 3.18. The van der Waals surface area contributed by atoms with Gasteiger partial charge in [-0.15, -0.1) is 0 Å². The summed E-state index contributed by atoms with van der Waals surface area (Å²) in [6, 6.07) is 0.270. The van der Waals surface area contributed by atoms with Gasteiger partial charge in [0.2, 0.25) is 0 Å². The molecule has 0 aromatic carbocycles. The van der Waals surface area contributed by atoms with Gasteiger partial charge < -0.3 is 5.32 Å². The fraction of sp³-hybridized carbons (Fsp3) is 0.600. The standard InChI is InChI=1S/C8H11N3O.C2H6/c1-5-3-10-11-6(2)4-9-8(12)7(5)11;1-2/h3,6H,4H2,1-2H3,(H,9,12);1-2H3/t6-;/m1./s1. The molecular formula is C10H17N3O. The quantitative estimate of drug-likeness (QED) is 0.682. The van der Waals surface area contributed by atoms with Crippen molar-refractivity contribution < 1.29 is 4.79 Å². The monoisotopic (exact) mass is 195 g/mol. The number of carbonyl (C=O) groups is 1. The smallest absolute Gasteiger partial charge is 0.269 e. The first-order chi connectivity index (χ1) is 6.70. The maximum absolute atomic E-state index is 11.3. The predicted octanol–water partition coefficient (Wildman–Crippen LogP) is 1.52. The fourth-order valence-electron chi connectivity index (χ4n) is 1.48. The Morgan fingerprint density at radius 2 is 2.21 bits per heavy atom. The number of hydrogen-bond acceptors (Lipinski definition) is 2. The fourth-order valence-corrected chi connectivity index (χ4v) is 1.48. The van der Waals surface area contributed by atoms with Gasteiger partial charge in [0.1, 0.15) is 5.69 Å². The van der Waals surface area contributed by atoms with Crippen molar-refractivity contribution in [2.75, 3.05) is 6.54 Å². The number of fused-ring (bicyclic) bond motifs is 1. The molecule has 0 aliphatic carbocycles. The van der Waals surface area contributed by atoms with Crippen molar-refractivity contribution in [2.45, 2.75) is 33.7 Å². The number of amides is 1. The molecular weight excluding hydrogens is 178 g/mol. The van der Waals surface area contributed by atoms with E-state index >= 15 is 0 Å². The average Bonchev–Trinajstić information content (AvgIpc) is 2.59. The van der Waals surface area contributed by atoms with Gasteiger partial charge in [0, 0.05) is 6.54 Å². The van der Waals surface area contributed by atoms with E-state index < -0.39 is 0 Å². The average molecular weight is 195 g/mol. The topological polar surface area (TPSA) is 46.9 Å². The number of aryl methyl sites for hydroxylation is 1. The summed E-state index contributed by atoms with van der Waals surface area (Å²) in [5.41, 5.74) is 1.65. The lowest BCUT2D eigenvalue weighted by Gasteiger charge is -2.21. The van der Waals surface area contributed by atoms with Crippen LogP contribution in [0.1, 0.15) is 42.9 Å². The first kappa shape index (κ1) is 10.8. The van der Waals surface area contributed by atoms with Crippen LogP contribution in [0.25, 0.3) is 0 Å². The van der Waals surface area contributed by atoms with Crippen LogP contribution in [0.5, 0.6) is 0 Å². The molecule has 0 saturated heterocycles. The van der Waals surface area contributed by atoms with Gasteiger partial charge in [-0.2, -0.15) is 5.10 Å². The molecule has 1 amide bonds. The maximum atomic E-state index is 11.3. The van der Waals surface area contributed by atoms with Crippen LogP contribution in [0, 0.1) is 6.92 Å². The first-order valence-electron chi connectivity index (χ1n) is 5.02. The van der Waals surface area contributed by atoms with Crippen LogP contribution in [0.2, 0.25) is 0 Å². The molecule has 0 radical (unpaired) electrons. The van der Waals surface area contributed by atoms with Crippen molar-refractivity contribution in [3.63, 3.8) is 0 Å². The van der Waals surface area contributed by atoms with Crippen molar-refractivity contribution in [3.05, 3.63) is 17.5 Å². The molecule has 0 fully saturated rings. The van der Waals surface area contributed by atoms with E-state index in [1.807, 2.05) is 27.7 Å². The van der Waals surface area contributed by atoms with Crippen molar-refractivity contribution in [1.29, 1.82) is 0 Å². The van der Waals surface area contributed by atoms with Gasteiger partial charge in [0.05, 0.1) is 12.2 Å². The molecule has 4 heteroatoms. The Labute approximate surface area is 84.3 Å². The van der Waals surface area contributed by atoms with E-state index in [9.17, 15) is 4.79 Å². The third kappa shape index (κ3) is 1.64. The van der Waals surface area contributed by atoms with Crippen LogP contribution in [-0.2, 0) is 0 Å². The van der Waals surface area contributed by atoms with Crippen molar-refractivity contribution in [1.82, 2.24) is 15.1 Å². The van der Waals surface area contributed by atoms with Gasteiger partial charge in [-0.25, -0.2) is 0 Å². The molecule has 78 valence electrons. The minimum atomic E-state index is -0.0110. The molecule has 1 N–H and O–H groups in total. The second-order valence-corrected chi connectivity index (χ2v) is 3.18. The van der Waals surface area contributed by atoms with E-state index in [1.165, 1.54) is 0 Å². The van der Waals surface area contributed by atoms with Crippen LogP contribution in [-0.4, -0.2) is 22.2 Å². The van der Waals surface area contributed by atoms with E-state index in [1.54, 1.807) is 10.9 Å². The van der Waals surface area contributed by atoms with Crippen LogP contribution in [0.15, 0.2) is 6.20 Å². The Morgan fingerprint density at radius 3 is 2.79 bits per heavy atom. The molecule has 1 aliphatic heterocycles. The number of carbonyl (C=O) groups excluding carboxylic acids is 1. The summed E-state index contributed by atoms with van der Waals surface area (Å²) >= 11 is 0. The highest BCUT2D eigenvalue weighted by molar-refractivity contribution is 5.94. The number of rotatable bonds is 0. The lowest BCUT2D eigenvalue weighted by atomic mass is 10.2. The summed E-state index contributed by atoms with van der Waals surface area (Å²) in [4.78, 5) is 11.3.